The minimum absolute atomic E-state index is 0.293. The van der Waals surface area contributed by atoms with E-state index in [1.165, 1.54) is 0 Å². The molecule has 0 aliphatic carbocycles. The Kier molecular flexibility index (Phi) is 5.83. The molecule has 0 unspecified atom stereocenters. The Bertz CT molecular complexity index is 415. The molecule has 5 nitrogen and oxygen atoms in total. The summed E-state index contributed by atoms with van der Waals surface area (Å²) >= 11 is 0. The van der Waals surface area contributed by atoms with Crippen LogP contribution >= 0.6 is 0 Å². The van der Waals surface area contributed by atoms with E-state index >= 15 is 0 Å². The van der Waals surface area contributed by atoms with E-state index in [-0.39, 0.29) is 0 Å². The fourth-order valence-corrected chi connectivity index (χ4v) is 2.06. The van der Waals surface area contributed by atoms with E-state index < -0.39 is 0 Å². The predicted molar refractivity (Wildman–Crippen MR) is 77.1 cm³/mol. The number of hydrogen-bond donors (Lipinski definition) is 1. The Labute approximate surface area is 120 Å². The number of aromatic nitrogens is 2. The molecular weight excluding hydrogens is 254 g/mol. The van der Waals surface area contributed by atoms with Crippen molar-refractivity contribution in [2.24, 2.45) is 0 Å². The van der Waals surface area contributed by atoms with Crippen molar-refractivity contribution >= 4 is 0 Å². The van der Waals surface area contributed by atoms with Crippen LogP contribution in [0.3, 0.4) is 0 Å². The Hall–Kier alpha value is -1.59. The first kappa shape index (κ1) is 14.8. The molecule has 2 heterocycles. The molecule has 0 bridgehead atoms. The summed E-state index contributed by atoms with van der Waals surface area (Å²) in [6, 6.07) is 3.93. The molecule has 0 aliphatic rings. The van der Waals surface area contributed by atoms with Gasteiger partial charge in [0.2, 0.25) is 0 Å². The summed E-state index contributed by atoms with van der Waals surface area (Å²) < 4.78 is 11.0. The van der Waals surface area contributed by atoms with Gasteiger partial charge in [-0.3, -0.25) is 4.90 Å². The van der Waals surface area contributed by atoms with Crippen LogP contribution in [0.2, 0.25) is 0 Å². The molecule has 0 fully saturated rings. The summed E-state index contributed by atoms with van der Waals surface area (Å²) in [5, 5.41) is 0. The van der Waals surface area contributed by atoms with Gasteiger partial charge in [0.1, 0.15) is 5.76 Å². The molecular formula is C15H23N3O2. The summed E-state index contributed by atoms with van der Waals surface area (Å²) in [5.74, 6) is 0.981. The van der Waals surface area contributed by atoms with Crippen LogP contribution in [0.15, 0.2) is 35.3 Å². The van der Waals surface area contributed by atoms with Crippen LogP contribution in [0, 0.1) is 0 Å². The van der Waals surface area contributed by atoms with Crippen molar-refractivity contribution in [2.45, 2.75) is 39.5 Å². The number of furan rings is 1. The molecule has 0 atom stereocenters. The van der Waals surface area contributed by atoms with Gasteiger partial charge in [0.25, 0.3) is 0 Å². The average molecular weight is 277 g/mol. The molecule has 1 N–H and O–H groups in total. The fourth-order valence-electron chi connectivity index (χ4n) is 2.06. The van der Waals surface area contributed by atoms with Gasteiger partial charge in [-0.1, -0.05) is 0 Å². The van der Waals surface area contributed by atoms with Gasteiger partial charge in [0.05, 0.1) is 25.2 Å². The molecule has 0 aromatic carbocycles. The molecule has 0 saturated heterocycles. The molecule has 0 amide bonds. The monoisotopic (exact) mass is 277 g/mol. The van der Waals surface area contributed by atoms with E-state index in [4.69, 9.17) is 9.15 Å². The summed E-state index contributed by atoms with van der Waals surface area (Å²) in [7, 11) is 0. The van der Waals surface area contributed by atoms with E-state index in [9.17, 15) is 0 Å². The van der Waals surface area contributed by atoms with Crippen LogP contribution in [0.4, 0.5) is 0 Å². The minimum atomic E-state index is 0.293. The SMILES string of the molecule is CC(C)OCCCN(Cc1cnc[nH]1)Cc1ccco1. The van der Waals surface area contributed by atoms with Gasteiger partial charge >= 0.3 is 0 Å². The Morgan fingerprint density at radius 3 is 2.95 bits per heavy atom. The lowest BCUT2D eigenvalue weighted by Gasteiger charge is -2.20. The molecule has 0 saturated carbocycles. The largest absolute Gasteiger partial charge is 0.468 e. The van der Waals surface area contributed by atoms with Crippen molar-refractivity contribution in [2.75, 3.05) is 13.2 Å². The molecule has 2 rings (SSSR count). The highest BCUT2D eigenvalue weighted by atomic mass is 16.5. The number of aromatic amines is 1. The molecule has 0 spiro atoms. The van der Waals surface area contributed by atoms with Crippen molar-refractivity contribution in [3.05, 3.63) is 42.4 Å². The Morgan fingerprint density at radius 1 is 1.40 bits per heavy atom. The van der Waals surface area contributed by atoms with Gasteiger partial charge in [-0.15, -0.1) is 0 Å². The second-order valence-electron chi connectivity index (χ2n) is 5.14. The molecule has 2 aromatic rings. The maximum atomic E-state index is 5.59. The van der Waals surface area contributed by atoms with Crippen molar-refractivity contribution in [3.8, 4) is 0 Å². The highest BCUT2D eigenvalue weighted by Gasteiger charge is 2.09. The van der Waals surface area contributed by atoms with Gasteiger partial charge in [-0.25, -0.2) is 4.98 Å². The van der Waals surface area contributed by atoms with Crippen LogP contribution in [-0.4, -0.2) is 34.1 Å². The van der Waals surface area contributed by atoms with Gasteiger partial charge in [-0.2, -0.15) is 0 Å². The van der Waals surface area contributed by atoms with E-state index in [2.05, 4.69) is 28.7 Å². The predicted octanol–water partition coefficient (Wildman–Crippen LogP) is 2.82. The van der Waals surface area contributed by atoms with Crippen molar-refractivity contribution < 1.29 is 9.15 Å². The highest BCUT2D eigenvalue weighted by Crippen LogP contribution is 2.09. The van der Waals surface area contributed by atoms with Gasteiger partial charge in [-0.05, 0) is 32.4 Å². The van der Waals surface area contributed by atoms with Crippen molar-refractivity contribution in [1.82, 2.24) is 14.9 Å². The number of imidazole rings is 1. The van der Waals surface area contributed by atoms with Crippen LogP contribution in [0.5, 0.6) is 0 Å². The Morgan fingerprint density at radius 2 is 2.30 bits per heavy atom. The number of rotatable bonds is 9. The third kappa shape index (κ3) is 5.19. The lowest BCUT2D eigenvalue weighted by molar-refractivity contribution is 0.0686. The highest BCUT2D eigenvalue weighted by molar-refractivity contribution is 4.99. The summed E-state index contributed by atoms with van der Waals surface area (Å²) in [4.78, 5) is 9.53. The smallest absolute Gasteiger partial charge is 0.117 e. The third-order valence-corrected chi connectivity index (χ3v) is 2.98. The second-order valence-corrected chi connectivity index (χ2v) is 5.14. The van der Waals surface area contributed by atoms with E-state index in [1.807, 2.05) is 18.3 Å². The Balaban J connectivity index is 1.83. The molecule has 5 heteroatoms. The zero-order valence-corrected chi connectivity index (χ0v) is 12.2. The number of hydrogen-bond acceptors (Lipinski definition) is 4. The number of nitrogens with one attached hydrogen (secondary N) is 1. The number of nitrogens with zero attached hydrogens (tertiary/aromatic N) is 2. The standard InChI is InChI=1S/C15H23N3O2/c1-13(2)19-8-4-6-18(10-14-9-16-12-17-14)11-15-5-3-7-20-15/h3,5,7,9,12-13H,4,6,8,10-11H2,1-2H3,(H,16,17). The molecule has 0 radical (unpaired) electrons. The van der Waals surface area contributed by atoms with Crippen LogP contribution in [0.25, 0.3) is 0 Å². The molecule has 20 heavy (non-hydrogen) atoms. The van der Waals surface area contributed by atoms with E-state index in [0.29, 0.717) is 6.10 Å². The number of H-pyrrole nitrogens is 1. The topological polar surface area (TPSA) is 54.3 Å². The van der Waals surface area contributed by atoms with Gasteiger partial charge in [0.15, 0.2) is 0 Å². The zero-order valence-electron chi connectivity index (χ0n) is 12.2. The van der Waals surface area contributed by atoms with Crippen molar-refractivity contribution in [3.63, 3.8) is 0 Å². The lowest BCUT2D eigenvalue weighted by Crippen LogP contribution is -2.25. The third-order valence-electron chi connectivity index (χ3n) is 2.98. The molecule has 0 aliphatic heterocycles. The average Bonchev–Trinajstić information content (AvgIpc) is 3.07. The van der Waals surface area contributed by atoms with Crippen molar-refractivity contribution in [1.29, 1.82) is 0 Å². The quantitative estimate of drug-likeness (QED) is 0.716. The van der Waals surface area contributed by atoms with Crippen LogP contribution < -0.4 is 0 Å². The molecule has 2 aromatic heterocycles. The first-order chi connectivity index (χ1) is 9.74. The fraction of sp³-hybridized carbons (Fsp3) is 0.533. The number of ether oxygens (including phenoxy) is 1. The summed E-state index contributed by atoms with van der Waals surface area (Å²) in [6.45, 7) is 7.51. The summed E-state index contributed by atoms with van der Waals surface area (Å²) in [5.41, 5.74) is 1.11. The van der Waals surface area contributed by atoms with E-state index in [0.717, 1.165) is 44.1 Å². The second kappa shape index (κ2) is 7.87. The van der Waals surface area contributed by atoms with Gasteiger partial charge < -0.3 is 14.1 Å². The maximum absolute atomic E-state index is 5.59. The van der Waals surface area contributed by atoms with Gasteiger partial charge in [0, 0.05) is 31.6 Å². The zero-order chi connectivity index (χ0) is 14.2. The first-order valence-corrected chi connectivity index (χ1v) is 7.07. The van der Waals surface area contributed by atoms with E-state index in [1.54, 1.807) is 12.6 Å². The normalized spacial score (nSPS) is 11.6. The first-order valence-electron chi connectivity index (χ1n) is 7.07. The lowest BCUT2D eigenvalue weighted by atomic mass is 10.3. The summed E-state index contributed by atoms with van der Waals surface area (Å²) in [6.07, 6.45) is 6.59. The molecule has 110 valence electrons. The van der Waals surface area contributed by atoms with Crippen LogP contribution in [0.1, 0.15) is 31.7 Å². The maximum Gasteiger partial charge on any atom is 0.117 e. The van der Waals surface area contributed by atoms with Crippen LogP contribution in [-0.2, 0) is 17.8 Å². The minimum Gasteiger partial charge on any atom is -0.468 e.